The van der Waals surface area contributed by atoms with E-state index in [-0.39, 0.29) is 31.1 Å². The quantitative estimate of drug-likeness (QED) is 0.0358. The average Bonchev–Trinajstić information content (AvgIpc) is 3.11. The van der Waals surface area contributed by atoms with E-state index in [1.807, 2.05) is 0 Å². The van der Waals surface area contributed by atoms with E-state index >= 15 is 0 Å². The van der Waals surface area contributed by atoms with Crippen molar-refractivity contribution < 1.29 is 28.6 Å². The fourth-order valence-electron chi connectivity index (χ4n) is 6.50. The predicted molar refractivity (Wildman–Crippen MR) is 210 cm³/mol. The van der Waals surface area contributed by atoms with Crippen LogP contribution >= 0.6 is 0 Å². The minimum absolute atomic E-state index is 0.0634. The normalized spacial score (nSPS) is 11.8. The number of esters is 3. The Kier molecular flexibility index (Phi) is 38.9. The molecule has 0 heterocycles. The first kappa shape index (κ1) is 48.4. The van der Waals surface area contributed by atoms with Gasteiger partial charge in [-0.1, -0.05) is 207 Å². The van der Waals surface area contributed by atoms with Crippen LogP contribution in [0.2, 0.25) is 0 Å². The second-order valence-corrected chi connectivity index (χ2v) is 15.0. The number of rotatable bonds is 40. The van der Waals surface area contributed by atoms with Crippen molar-refractivity contribution in [3.05, 3.63) is 0 Å². The third-order valence-electron chi connectivity index (χ3n) is 9.86. The molecule has 0 spiro atoms. The van der Waals surface area contributed by atoms with Crippen molar-refractivity contribution in [3.63, 3.8) is 0 Å². The van der Waals surface area contributed by atoms with Gasteiger partial charge in [0.25, 0.3) is 0 Å². The molecule has 0 saturated carbocycles. The SMILES string of the molecule is CCCCCCCCCCCCCCCCC(=O)O[C@H](COC(=O)CCCCCCCCC)COC(=O)CCCCCCCCCCCCC. The Morgan fingerprint density at radius 1 is 0.320 bits per heavy atom. The molecular weight excluding hydrogens is 624 g/mol. The summed E-state index contributed by atoms with van der Waals surface area (Å²) >= 11 is 0. The van der Waals surface area contributed by atoms with E-state index in [0.717, 1.165) is 57.8 Å². The van der Waals surface area contributed by atoms with Crippen molar-refractivity contribution in [2.75, 3.05) is 13.2 Å². The van der Waals surface area contributed by atoms with Gasteiger partial charge in [-0.3, -0.25) is 14.4 Å². The van der Waals surface area contributed by atoms with Gasteiger partial charge in [0.1, 0.15) is 13.2 Å². The summed E-state index contributed by atoms with van der Waals surface area (Å²) in [5.74, 6) is -0.860. The van der Waals surface area contributed by atoms with Crippen LogP contribution in [0.4, 0.5) is 0 Å². The van der Waals surface area contributed by atoms with Crippen molar-refractivity contribution in [3.8, 4) is 0 Å². The van der Waals surface area contributed by atoms with Crippen molar-refractivity contribution >= 4 is 17.9 Å². The van der Waals surface area contributed by atoms with Gasteiger partial charge in [-0.2, -0.15) is 0 Å². The molecule has 0 radical (unpaired) electrons. The van der Waals surface area contributed by atoms with Gasteiger partial charge in [0.15, 0.2) is 6.10 Å². The van der Waals surface area contributed by atoms with Gasteiger partial charge in [-0.05, 0) is 19.3 Å². The molecule has 0 saturated heterocycles. The summed E-state index contributed by atoms with van der Waals surface area (Å²) in [6.07, 6.45) is 39.5. The lowest BCUT2D eigenvalue weighted by molar-refractivity contribution is -0.167. The van der Waals surface area contributed by atoms with Gasteiger partial charge >= 0.3 is 17.9 Å². The third-order valence-corrected chi connectivity index (χ3v) is 9.86. The number of carbonyl (C=O) groups is 3. The van der Waals surface area contributed by atoms with E-state index in [1.165, 1.54) is 148 Å². The van der Waals surface area contributed by atoms with Gasteiger partial charge in [-0.15, -0.1) is 0 Å². The van der Waals surface area contributed by atoms with Crippen molar-refractivity contribution in [2.24, 2.45) is 0 Å². The Bertz CT molecular complexity index is 738. The number of hydrogen-bond acceptors (Lipinski definition) is 6. The molecule has 0 rings (SSSR count). The Morgan fingerprint density at radius 2 is 0.540 bits per heavy atom. The molecule has 296 valence electrons. The van der Waals surface area contributed by atoms with Crippen molar-refractivity contribution in [1.29, 1.82) is 0 Å². The first-order valence-electron chi connectivity index (χ1n) is 22.0. The monoisotopic (exact) mass is 709 g/mol. The standard InChI is InChI=1S/C44H84O6/c1-4-7-10-13-16-18-20-21-22-24-26-29-32-35-38-44(47)50-41(39-48-42(45)36-33-30-27-15-12-9-6-3)40-49-43(46)37-34-31-28-25-23-19-17-14-11-8-5-2/h41H,4-40H2,1-3H3/t41-/m1/s1. The van der Waals surface area contributed by atoms with Crippen LogP contribution in [0.15, 0.2) is 0 Å². The highest BCUT2D eigenvalue weighted by molar-refractivity contribution is 5.71. The second-order valence-electron chi connectivity index (χ2n) is 15.0. The third kappa shape index (κ3) is 37.7. The molecule has 0 fully saturated rings. The summed E-state index contributed by atoms with van der Waals surface area (Å²) in [4.78, 5) is 37.5. The van der Waals surface area contributed by atoms with Crippen molar-refractivity contribution in [2.45, 2.75) is 252 Å². The fraction of sp³-hybridized carbons (Fsp3) is 0.932. The molecule has 0 N–H and O–H groups in total. The van der Waals surface area contributed by atoms with Gasteiger partial charge in [-0.25, -0.2) is 0 Å². The van der Waals surface area contributed by atoms with Crippen LogP contribution in [0.5, 0.6) is 0 Å². The predicted octanol–water partition coefficient (Wildman–Crippen LogP) is 13.7. The largest absolute Gasteiger partial charge is 0.462 e. The van der Waals surface area contributed by atoms with Crippen molar-refractivity contribution in [1.82, 2.24) is 0 Å². The maximum Gasteiger partial charge on any atom is 0.306 e. The highest BCUT2D eigenvalue weighted by Crippen LogP contribution is 2.15. The molecule has 0 aliphatic carbocycles. The smallest absolute Gasteiger partial charge is 0.306 e. The zero-order valence-electron chi connectivity index (χ0n) is 33.7. The maximum absolute atomic E-state index is 12.7. The van der Waals surface area contributed by atoms with E-state index in [2.05, 4.69) is 20.8 Å². The first-order valence-corrected chi connectivity index (χ1v) is 22.0. The first-order chi connectivity index (χ1) is 24.5. The summed E-state index contributed by atoms with van der Waals surface area (Å²) in [5, 5.41) is 0. The number of hydrogen-bond donors (Lipinski definition) is 0. The number of ether oxygens (including phenoxy) is 3. The zero-order valence-corrected chi connectivity index (χ0v) is 33.7. The summed E-state index contributed by atoms with van der Waals surface area (Å²) < 4.78 is 16.6. The summed E-state index contributed by atoms with van der Waals surface area (Å²) in [6, 6.07) is 0. The molecule has 0 unspecified atom stereocenters. The molecule has 1 atom stereocenters. The molecule has 0 aliphatic heterocycles. The fourth-order valence-corrected chi connectivity index (χ4v) is 6.50. The van der Waals surface area contributed by atoms with Crippen LogP contribution in [0.25, 0.3) is 0 Å². The Hall–Kier alpha value is -1.59. The zero-order chi connectivity index (χ0) is 36.6. The summed E-state index contributed by atoms with van der Waals surface area (Å²) in [6.45, 7) is 6.60. The number of carbonyl (C=O) groups excluding carboxylic acids is 3. The molecule has 6 nitrogen and oxygen atoms in total. The van der Waals surface area contributed by atoms with E-state index < -0.39 is 6.10 Å². The molecule has 0 amide bonds. The second kappa shape index (κ2) is 40.2. The van der Waals surface area contributed by atoms with Gasteiger partial charge in [0, 0.05) is 19.3 Å². The molecular formula is C44H84O6. The van der Waals surface area contributed by atoms with Crippen LogP contribution in [-0.4, -0.2) is 37.2 Å². The number of unbranched alkanes of at least 4 members (excludes halogenated alkanes) is 29. The van der Waals surface area contributed by atoms with E-state index in [9.17, 15) is 14.4 Å². The Labute approximate surface area is 310 Å². The lowest BCUT2D eigenvalue weighted by Gasteiger charge is -2.18. The van der Waals surface area contributed by atoms with Crippen LogP contribution in [0.3, 0.4) is 0 Å². The highest BCUT2D eigenvalue weighted by Gasteiger charge is 2.19. The van der Waals surface area contributed by atoms with Gasteiger partial charge in [0.2, 0.25) is 0 Å². The van der Waals surface area contributed by atoms with Gasteiger partial charge < -0.3 is 14.2 Å². The Morgan fingerprint density at radius 3 is 0.800 bits per heavy atom. The van der Waals surface area contributed by atoms with E-state index in [4.69, 9.17) is 14.2 Å². The summed E-state index contributed by atoms with van der Waals surface area (Å²) in [5.41, 5.74) is 0. The van der Waals surface area contributed by atoms with Crippen LogP contribution in [0.1, 0.15) is 245 Å². The molecule has 0 aromatic rings. The van der Waals surface area contributed by atoms with Crippen LogP contribution in [0, 0.1) is 0 Å². The molecule has 0 aromatic heterocycles. The highest BCUT2D eigenvalue weighted by atomic mass is 16.6. The Balaban J connectivity index is 4.27. The minimum Gasteiger partial charge on any atom is -0.462 e. The summed E-state index contributed by atoms with van der Waals surface area (Å²) in [7, 11) is 0. The molecule has 0 aromatic carbocycles. The topological polar surface area (TPSA) is 78.9 Å². The molecule has 0 bridgehead atoms. The average molecular weight is 709 g/mol. The molecule has 50 heavy (non-hydrogen) atoms. The van der Waals surface area contributed by atoms with E-state index in [0.29, 0.717) is 19.3 Å². The lowest BCUT2D eigenvalue weighted by atomic mass is 10.0. The van der Waals surface area contributed by atoms with Crippen LogP contribution in [-0.2, 0) is 28.6 Å². The molecule has 6 heteroatoms. The lowest BCUT2D eigenvalue weighted by Crippen LogP contribution is -2.30. The minimum atomic E-state index is -0.756. The van der Waals surface area contributed by atoms with E-state index in [1.54, 1.807) is 0 Å². The maximum atomic E-state index is 12.7. The van der Waals surface area contributed by atoms with Gasteiger partial charge in [0.05, 0.1) is 0 Å². The molecule has 0 aliphatic rings. The van der Waals surface area contributed by atoms with Crippen LogP contribution < -0.4 is 0 Å².